The van der Waals surface area contributed by atoms with E-state index < -0.39 is 10.0 Å². The van der Waals surface area contributed by atoms with E-state index in [9.17, 15) is 8.42 Å². The maximum atomic E-state index is 13.1. The van der Waals surface area contributed by atoms with Crippen molar-refractivity contribution in [2.75, 3.05) is 45.3 Å². The highest BCUT2D eigenvalue weighted by molar-refractivity contribution is 7.89. The Hall–Kier alpha value is -2.92. The summed E-state index contributed by atoms with van der Waals surface area (Å²) < 4.78 is 40.0. The van der Waals surface area contributed by atoms with E-state index in [2.05, 4.69) is 20.0 Å². The highest BCUT2D eigenvalue weighted by Crippen LogP contribution is 2.31. The third kappa shape index (κ3) is 3.33. The molecule has 0 spiro atoms. The normalized spacial score (nSPS) is 15.5. The SMILES string of the molecule is COc1ccc(S(=O)(=O)N2CCN(c3ncnc4c(C)nn(C)c34)CC2)cc1OC. The highest BCUT2D eigenvalue weighted by atomic mass is 32.2. The monoisotopic (exact) mass is 432 g/mol. The van der Waals surface area contributed by atoms with Gasteiger partial charge in [-0.2, -0.15) is 9.40 Å². The molecule has 160 valence electrons. The molecule has 1 aliphatic heterocycles. The fraction of sp³-hybridized carbons (Fsp3) is 0.421. The summed E-state index contributed by atoms with van der Waals surface area (Å²) in [4.78, 5) is 11.0. The van der Waals surface area contributed by atoms with Gasteiger partial charge in [-0.1, -0.05) is 0 Å². The molecule has 0 radical (unpaired) electrons. The number of fused-ring (bicyclic) bond motifs is 1. The van der Waals surface area contributed by atoms with Crippen LogP contribution in [0.25, 0.3) is 11.0 Å². The second-order valence-electron chi connectivity index (χ2n) is 7.01. The fourth-order valence-corrected chi connectivity index (χ4v) is 5.19. The van der Waals surface area contributed by atoms with Crippen LogP contribution in [0.2, 0.25) is 0 Å². The lowest BCUT2D eigenvalue weighted by molar-refractivity contribution is 0.353. The number of anilines is 1. The molecule has 30 heavy (non-hydrogen) atoms. The van der Waals surface area contributed by atoms with Gasteiger partial charge in [-0.15, -0.1) is 0 Å². The first-order chi connectivity index (χ1) is 14.4. The predicted molar refractivity (Wildman–Crippen MR) is 112 cm³/mol. The Morgan fingerprint density at radius 2 is 1.70 bits per heavy atom. The molecule has 0 saturated carbocycles. The summed E-state index contributed by atoms with van der Waals surface area (Å²) in [5, 5.41) is 4.43. The minimum absolute atomic E-state index is 0.181. The Labute approximate surface area is 175 Å². The lowest BCUT2D eigenvalue weighted by atomic mass is 10.3. The molecule has 0 amide bonds. The van der Waals surface area contributed by atoms with Crippen LogP contribution in [0.5, 0.6) is 11.5 Å². The second kappa shape index (κ2) is 7.73. The van der Waals surface area contributed by atoms with Crippen molar-refractivity contribution in [1.82, 2.24) is 24.1 Å². The van der Waals surface area contributed by atoms with E-state index >= 15 is 0 Å². The van der Waals surface area contributed by atoms with Gasteiger partial charge in [0.15, 0.2) is 17.3 Å². The number of sulfonamides is 1. The number of rotatable bonds is 5. The summed E-state index contributed by atoms with van der Waals surface area (Å²) in [5.74, 6) is 1.64. The van der Waals surface area contributed by atoms with Gasteiger partial charge in [0.1, 0.15) is 17.4 Å². The third-order valence-corrected chi connectivity index (χ3v) is 7.19. The first kappa shape index (κ1) is 20.4. The average Bonchev–Trinajstić information content (AvgIpc) is 3.07. The van der Waals surface area contributed by atoms with Gasteiger partial charge < -0.3 is 14.4 Å². The Morgan fingerprint density at radius 1 is 1.00 bits per heavy atom. The molecular formula is C19H24N6O4S. The highest BCUT2D eigenvalue weighted by Gasteiger charge is 2.30. The summed E-state index contributed by atoms with van der Waals surface area (Å²) in [6, 6.07) is 4.63. The lowest BCUT2D eigenvalue weighted by Crippen LogP contribution is -2.49. The van der Waals surface area contributed by atoms with E-state index in [0.717, 1.165) is 22.5 Å². The molecule has 0 unspecified atom stereocenters. The van der Waals surface area contributed by atoms with Crippen LogP contribution in [-0.4, -0.2) is 72.9 Å². The van der Waals surface area contributed by atoms with Crippen LogP contribution in [0.4, 0.5) is 5.82 Å². The van der Waals surface area contributed by atoms with Crippen molar-refractivity contribution >= 4 is 26.9 Å². The molecule has 0 bridgehead atoms. The molecule has 1 aromatic carbocycles. The zero-order valence-electron chi connectivity index (χ0n) is 17.4. The first-order valence-corrected chi connectivity index (χ1v) is 10.9. The molecule has 4 rings (SSSR count). The van der Waals surface area contributed by atoms with E-state index in [1.54, 1.807) is 10.7 Å². The third-order valence-electron chi connectivity index (χ3n) is 5.30. The average molecular weight is 433 g/mol. The van der Waals surface area contributed by atoms with Crippen LogP contribution >= 0.6 is 0 Å². The molecule has 10 nitrogen and oxygen atoms in total. The standard InChI is InChI=1S/C19H24N6O4S/c1-13-17-18(23(2)22-13)19(21-12-20-17)24-7-9-25(10-8-24)30(26,27)14-5-6-15(28-3)16(11-14)29-4/h5-6,11-12H,7-10H2,1-4H3. The molecule has 0 N–H and O–H groups in total. The van der Waals surface area contributed by atoms with Gasteiger partial charge in [-0.05, 0) is 19.1 Å². The van der Waals surface area contributed by atoms with E-state index in [4.69, 9.17) is 9.47 Å². The molecule has 3 heterocycles. The van der Waals surface area contributed by atoms with Crippen molar-refractivity contribution < 1.29 is 17.9 Å². The zero-order valence-corrected chi connectivity index (χ0v) is 18.2. The topological polar surface area (TPSA) is 103 Å². The summed E-state index contributed by atoms with van der Waals surface area (Å²) in [7, 11) is 1.20. The summed E-state index contributed by atoms with van der Waals surface area (Å²) in [5.41, 5.74) is 2.50. The van der Waals surface area contributed by atoms with Gasteiger partial charge >= 0.3 is 0 Å². The second-order valence-corrected chi connectivity index (χ2v) is 8.95. The predicted octanol–water partition coefficient (Wildman–Crippen LogP) is 1.20. The molecule has 2 aromatic heterocycles. The van der Waals surface area contributed by atoms with Crippen molar-refractivity contribution in [1.29, 1.82) is 0 Å². The number of benzene rings is 1. The van der Waals surface area contributed by atoms with Crippen LogP contribution in [0, 0.1) is 6.92 Å². The number of piperazine rings is 1. The lowest BCUT2D eigenvalue weighted by Gasteiger charge is -2.34. The fourth-order valence-electron chi connectivity index (χ4n) is 3.75. The number of aryl methyl sites for hydroxylation is 2. The molecule has 11 heteroatoms. The van der Waals surface area contributed by atoms with E-state index in [-0.39, 0.29) is 4.90 Å². The van der Waals surface area contributed by atoms with Crippen molar-refractivity contribution in [2.45, 2.75) is 11.8 Å². The molecule has 3 aromatic rings. The smallest absolute Gasteiger partial charge is 0.243 e. The molecule has 1 fully saturated rings. The molecule has 1 saturated heterocycles. The van der Waals surface area contributed by atoms with Crippen molar-refractivity contribution in [2.24, 2.45) is 7.05 Å². The van der Waals surface area contributed by atoms with Gasteiger partial charge in [-0.3, -0.25) is 4.68 Å². The number of aromatic nitrogens is 4. The maximum absolute atomic E-state index is 13.1. The Bertz CT molecular complexity index is 1190. The number of hydrogen-bond donors (Lipinski definition) is 0. The Morgan fingerprint density at radius 3 is 2.37 bits per heavy atom. The van der Waals surface area contributed by atoms with Gasteiger partial charge in [0, 0.05) is 39.3 Å². The van der Waals surface area contributed by atoms with Crippen LogP contribution in [-0.2, 0) is 17.1 Å². The summed E-state index contributed by atoms with van der Waals surface area (Å²) >= 11 is 0. The zero-order chi connectivity index (χ0) is 21.5. The Balaban J connectivity index is 1.56. The quantitative estimate of drug-likeness (QED) is 0.593. The number of methoxy groups -OCH3 is 2. The van der Waals surface area contributed by atoms with Crippen molar-refractivity contribution in [3.8, 4) is 11.5 Å². The summed E-state index contributed by atoms with van der Waals surface area (Å²) in [6.45, 7) is 3.64. The minimum atomic E-state index is -3.65. The summed E-state index contributed by atoms with van der Waals surface area (Å²) in [6.07, 6.45) is 1.53. The number of hydrogen-bond acceptors (Lipinski definition) is 8. The van der Waals surface area contributed by atoms with Gasteiger partial charge in [0.25, 0.3) is 0 Å². The van der Waals surface area contributed by atoms with Crippen molar-refractivity contribution in [3.05, 3.63) is 30.2 Å². The van der Waals surface area contributed by atoms with E-state index in [0.29, 0.717) is 37.7 Å². The first-order valence-electron chi connectivity index (χ1n) is 9.48. The van der Waals surface area contributed by atoms with Gasteiger partial charge in [0.2, 0.25) is 10.0 Å². The van der Waals surface area contributed by atoms with Crippen molar-refractivity contribution in [3.63, 3.8) is 0 Å². The largest absolute Gasteiger partial charge is 0.493 e. The van der Waals surface area contributed by atoms with Crippen LogP contribution in [0.15, 0.2) is 29.4 Å². The minimum Gasteiger partial charge on any atom is -0.493 e. The van der Waals surface area contributed by atoms with Gasteiger partial charge in [0.05, 0.1) is 24.8 Å². The number of ether oxygens (including phenoxy) is 2. The van der Waals surface area contributed by atoms with E-state index in [1.165, 1.54) is 37.0 Å². The van der Waals surface area contributed by atoms with Gasteiger partial charge in [-0.25, -0.2) is 18.4 Å². The number of nitrogens with zero attached hydrogens (tertiary/aromatic N) is 6. The molecular weight excluding hydrogens is 408 g/mol. The maximum Gasteiger partial charge on any atom is 0.243 e. The Kier molecular flexibility index (Phi) is 5.24. The van der Waals surface area contributed by atoms with Crippen LogP contribution in [0.3, 0.4) is 0 Å². The van der Waals surface area contributed by atoms with Crippen LogP contribution < -0.4 is 14.4 Å². The molecule has 1 aliphatic rings. The van der Waals surface area contributed by atoms with Crippen LogP contribution in [0.1, 0.15) is 5.69 Å². The molecule has 0 atom stereocenters. The molecule has 0 aliphatic carbocycles. The van der Waals surface area contributed by atoms with E-state index in [1.807, 2.05) is 14.0 Å².